The number of nitrogens with one attached hydrogen (secondary N) is 2. The van der Waals surface area contributed by atoms with E-state index in [-0.39, 0.29) is 23.8 Å². The summed E-state index contributed by atoms with van der Waals surface area (Å²) in [6.07, 6.45) is 1.41. The molecule has 0 atom stereocenters. The minimum absolute atomic E-state index is 0.0428. The molecule has 0 bridgehead atoms. The van der Waals surface area contributed by atoms with Crippen LogP contribution >= 0.6 is 15.9 Å². The summed E-state index contributed by atoms with van der Waals surface area (Å²) < 4.78 is 0.863. The Bertz CT molecular complexity index is 892. The highest BCUT2D eigenvalue weighted by atomic mass is 79.9. The molecule has 2 aromatic rings. The first-order valence-corrected chi connectivity index (χ1v) is 9.95. The van der Waals surface area contributed by atoms with Gasteiger partial charge < -0.3 is 15.5 Å². The first kappa shape index (κ1) is 20.1. The molecule has 1 fully saturated rings. The smallest absolute Gasteiger partial charge is 0.253 e. The Hall–Kier alpha value is -2.67. The number of piperidine rings is 1. The van der Waals surface area contributed by atoms with Crippen molar-refractivity contribution in [1.29, 1.82) is 0 Å². The molecule has 1 saturated heterocycles. The maximum absolute atomic E-state index is 12.7. The van der Waals surface area contributed by atoms with E-state index in [1.165, 1.54) is 6.92 Å². The third-order valence-corrected chi connectivity index (χ3v) is 5.13. The molecule has 6 nitrogen and oxygen atoms in total. The van der Waals surface area contributed by atoms with Gasteiger partial charge in [0, 0.05) is 47.3 Å². The van der Waals surface area contributed by atoms with Gasteiger partial charge in [-0.1, -0.05) is 28.1 Å². The van der Waals surface area contributed by atoms with Crippen LogP contribution in [0.15, 0.2) is 53.0 Å². The highest BCUT2D eigenvalue weighted by Crippen LogP contribution is 2.18. The molecule has 2 aromatic carbocycles. The van der Waals surface area contributed by atoms with Gasteiger partial charge in [-0.2, -0.15) is 0 Å². The number of carbonyl (C=O) groups excluding carboxylic acids is 3. The fraction of sp³-hybridized carbons (Fsp3) is 0.286. The largest absolute Gasteiger partial charge is 0.349 e. The zero-order chi connectivity index (χ0) is 20.1. The summed E-state index contributed by atoms with van der Waals surface area (Å²) in [5.74, 6) is -0.343. The van der Waals surface area contributed by atoms with Crippen LogP contribution in [-0.2, 0) is 4.79 Å². The molecule has 0 saturated carbocycles. The number of hydrogen-bond acceptors (Lipinski definition) is 3. The third-order valence-electron chi connectivity index (χ3n) is 4.63. The summed E-state index contributed by atoms with van der Waals surface area (Å²) in [6, 6.07) is 14.3. The van der Waals surface area contributed by atoms with Crippen molar-refractivity contribution in [3.8, 4) is 0 Å². The van der Waals surface area contributed by atoms with Gasteiger partial charge in [0.25, 0.3) is 11.8 Å². The van der Waals surface area contributed by atoms with Crippen LogP contribution in [0.5, 0.6) is 0 Å². The van der Waals surface area contributed by atoms with Crippen LogP contribution in [0, 0.1) is 0 Å². The molecule has 1 heterocycles. The monoisotopic (exact) mass is 443 g/mol. The Labute approximate surface area is 172 Å². The molecule has 0 radical (unpaired) electrons. The topological polar surface area (TPSA) is 78.5 Å². The van der Waals surface area contributed by atoms with Gasteiger partial charge in [-0.15, -0.1) is 0 Å². The number of anilines is 1. The summed E-state index contributed by atoms with van der Waals surface area (Å²) in [4.78, 5) is 38.1. The molecular weight excluding hydrogens is 422 g/mol. The number of amides is 3. The minimum atomic E-state index is -0.174. The van der Waals surface area contributed by atoms with Gasteiger partial charge in [0.05, 0.1) is 0 Å². The van der Waals surface area contributed by atoms with Crippen molar-refractivity contribution in [1.82, 2.24) is 10.2 Å². The van der Waals surface area contributed by atoms with Crippen LogP contribution in [0.25, 0.3) is 0 Å². The van der Waals surface area contributed by atoms with Crippen LogP contribution in [0.4, 0.5) is 5.69 Å². The summed E-state index contributed by atoms with van der Waals surface area (Å²) in [6.45, 7) is 2.58. The van der Waals surface area contributed by atoms with Crippen molar-refractivity contribution in [3.63, 3.8) is 0 Å². The molecule has 2 N–H and O–H groups in total. The lowest BCUT2D eigenvalue weighted by atomic mass is 10.0. The molecule has 28 heavy (non-hydrogen) atoms. The molecule has 1 aliphatic rings. The Kier molecular flexibility index (Phi) is 6.46. The Morgan fingerprint density at radius 2 is 1.68 bits per heavy atom. The van der Waals surface area contributed by atoms with Crippen LogP contribution in [0.1, 0.15) is 40.5 Å². The van der Waals surface area contributed by atoms with E-state index in [9.17, 15) is 14.4 Å². The third kappa shape index (κ3) is 5.19. The van der Waals surface area contributed by atoms with Gasteiger partial charge in [-0.25, -0.2) is 0 Å². The van der Waals surface area contributed by atoms with E-state index in [0.29, 0.717) is 42.7 Å². The number of hydrogen-bond donors (Lipinski definition) is 2. The van der Waals surface area contributed by atoms with Crippen molar-refractivity contribution in [2.45, 2.75) is 25.8 Å². The molecule has 7 heteroatoms. The average molecular weight is 444 g/mol. The van der Waals surface area contributed by atoms with Crippen molar-refractivity contribution in [2.24, 2.45) is 0 Å². The van der Waals surface area contributed by atoms with Crippen LogP contribution < -0.4 is 10.6 Å². The summed E-state index contributed by atoms with van der Waals surface area (Å²) in [5.41, 5.74) is 1.76. The first-order valence-electron chi connectivity index (χ1n) is 9.16. The molecular formula is C21H22BrN3O3. The second-order valence-corrected chi connectivity index (χ2v) is 7.73. The second-order valence-electron chi connectivity index (χ2n) is 6.81. The Morgan fingerprint density at radius 1 is 1.00 bits per heavy atom. The number of halogens is 1. The van der Waals surface area contributed by atoms with Gasteiger partial charge in [0.15, 0.2) is 0 Å². The molecule has 3 rings (SSSR count). The zero-order valence-electron chi connectivity index (χ0n) is 15.6. The Balaban J connectivity index is 1.55. The molecule has 0 aromatic heterocycles. The lowest BCUT2D eigenvalue weighted by molar-refractivity contribution is -0.114. The van der Waals surface area contributed by atoms with Gasteiger partial charge in [-0.3, -0.25) is 14.4 Å². The quantitative estimate of drug-likeness (QED) is 0.759. The van der Waals surface area contributed by atoms with E-state index in [0.717, 1.165) is 4.47 Å². The van der Waals surface area contributed by atoms with Gasteiger partial charge >= 0.3 is 0 Å². The summed E-state index contributed by atoms with van der Waals surface area (Å²) in [5, 5.41) is 5.74. The normalized spacial score (nSPS) is 14.4. The Morgan fingerprint density at radius 3 is 2.36 bits per heavy atom. The minimum Gasteiger partial charge on any atom is -0.349 e. The molecule has 0 spiro atoms. The molecule has 146 valence electrons. The molecule has 3 amide bonds. The lowest BCUT2D eigenvalue weighted by Crippen LogP contribution is -2.46. The van der Waals surface area contributed by atoms with Crippen LogP contribution in [0.2, 0.25) is 0 Å². The summed E-state index contributed by atoms with van der Waals surface area (Å²) >= 11 is 3.37. The van der Waals surface area contributed by atoms with Crippen LogP contribution in [0.3, 0.4) is 0 Å². The summed E-state index contributed by atoms with van der Waals surface area (Å²) in [7, 11) is 0. The van der Waals surface area contributed by atoms with Gasteiger partial charge in [-0.05, 0) is 49.2 Å². The van der Waals surface area contributed by atoms with E-state index in [4.69, 9.17) is 0 Å². The number of nitrogens with zero attached hydrogens (tertiary/aromatic N) is 1. The highest BCUT2D eigenvalue weighted by molar-refractivity contribution is 9.10. The number of rotatable bonds is 4. The van der Waals surface area contributed by atoms with E-state index in [2.05, 4.69) is 26.6 Å². The molecule has 0 unspecified atom stereocenters. The van der Waals surface area contributed by atoms with Crippen molar-refractivity contribution >= 4 is 39.3 Å². The standard InChI is InChI=1S/C21H22BrN3O3/c1-14(26)23-19-7-3-5-16(13-19)21(28)25-10-8-18(9-11-25)24-20(27)15-4-2-6-17(22)12-15/h2-7,12-13,18H,8-11H2,1H3,(H,23,26)(H,24,27). The lowest BCUT2D eigenvalue weighted by Gasteiger charge is -2.32. The predicted molar refractivity (Wildman–Crippen MR) is 111 cm³/mol. The maximum atomic E-state index is 12.7. The molecule has 0 aliphatic carbocycles. The zero-order valence-corrected chi connectivity index (χ0v) is 17.2. The van der Waals surface area contributed by atoms with Crippen LogP contribution in [-0.4, -0.2) is 41.8 Å². The van der Waals surface area contributed by atoms with Crippen molar-refractivity contribution < 1.29 is 14.4 Å². The maximum Gasteiger partial charge on any atom is 0.253 e. The fourth-order valence-electron chi connectivity index (χ4n) is 3.24. The van der Waals surface area contributed by atoms with Crippen molar-refractivity contribution in [2.75, 3.05) is 18.4 Å². The van der Waals surface area contributed by atoms with Gasteiger partial charge in [0.1, 0.15) is 0 Å². The highest BCUT2D eigenvalue weighted by Gasteiger charge is 2.25. The van der Waals surface area contributed by atoms with E-state index < -0.39 is 0 Å². The SMILES string of the molecule is CC(=O)Nc1cccc(C(=O)N2CCC(NC(=O)c3cccc(Br)c3)CC2)c1. The van der Waals surface area contributed by atoms with Gasteiger partial charge in [0.2, 0.25) is 5.91 Å². The number of benzene rings is 2. The van der Waals surface area contributed by atoms with E-state index >= 15 is 0 Å². The van der Waals surface area contributed by atoms with E-state index in [1.54, 1.807) is 41.3 Å². The van der Waals surface area contributed by atoms with Crippen molar-refractivity contribution in [3.05, 3.63) is 64.1 Å². The number of carbonyl (C=O) groups is 3. The fourth-order valence-corrected chi connectivity index (χ4v) is 3.64. The molecule has 1 aliphatic heterocycles. The first-order chi connectivity index (χ1) is 13.4. The second kappa shape index (κ2) is 9.01. The van der Waals surface area contributed by atoms with E-state index in [1.807, 2.05) is 12.1 Å². The average Bonchev–Trinajstić information content (AvgIpc) is 2.68. The predicted octanol–water partition coefficient (Wildman–Crippen LogP) is 3.44. The number of likely N-dealkylation sites (tertiary alicyclic amines) is 1.